The average Bonchev–Trinajstić information content (AvgIpc) is 2.91. The van der Waals surface area contributed by atoms with E-state index in [1.165, 1.54) is 12.1 Å². The lowest BCUT2D eigenvalue weighted by molar-refractivity contribution is 0.0946. The van der Waals surface area contributed by atoms with Crippen LogP contribution in [0.15, 0.2) is 48.8 Å². The lowest BCUT2D eigenvalue weighted by Gasteiger charge is -2.02. The zero-order valence-corrected chi connectivity index (χ0v) is 10.6. The zero-order chi connectivity index (χ0) is 13.9. The van der Waals surface area contributed by atoms with E-state index in [1.54, 1.807) is 30.6 Å². The topological polar surface area (TPSA) is 57.8 Å². The molecule has 2 N–H and O–H groups in total. The van der Waals surface area contributed by atoms with Crippen molar-refractivity contribution in [2.75, 3.05) is 0 Å². The predicted octanol–water partition coefficient (Wildman–Crippen LogP) is 2.63. The number of carbonyl (C=O) groups is 1. The minimum absolute atomic E-state index is 0.274. The number of H-pyrrole nitrogens is 1. The van der Waals surface area contributed by atoms with Gasteiger partial charge in [0.05, 0.1) is 0 Å². The first kappa shape index (κ1) is 12.3. The van der Waals surface area contributed by atoms with Crippen molar-refractivity contribution in [1.82, 2.24) is 15.3 Å². The van der Waals surface area contributed by atoms with Crippen LogP contribution >= 0.6 is 0 Å². The molecule has 0 radical (unpaired) electrons. The van der Waals surface area contributed by atoms with Gasteiger partial charge in [-0.15, -0.1) is 0 Å². The maximum absolute atomic E-state index is 13.6. The van der Waals surface area contributed by atoms with Gasteiger partial charge in [0.1, 0.15) is 11.5 Å². The number of pyridine rings is 1. The van der Waals surface area contributed by atoms with Gasteiger partial charge in [-0.3, -0.25) is 9.78 Å². The van der Waals surface area contributed by atoms with Gasteiger partial charge in [0.25, 0.3) is 5.91 Å². The molecule has 0 fully saturated rings. The SMILES string of the molecule is O=C(NCc1cccnc1)c1cc2c(F)cccc2[nH]1. The number of hydrogen-bond acceptors (Lipinski definition) is 2. The molecule has 100 valence electrons. The molecule has 1 amide bonds. The fraction of sp³-hybridized carbons (Fsp3) is 0.0667. The Morgan fingerprint density at radius 2 is 2.20 bits per heavy atom. The summed E-state index contributed by atoms with van der Waals surface area (Å²) in [5.41, 5.74) is 1.86. The first-order valence-electron chi connectivity index (χ1n) is 6.18. The number of hydrogen-bond donors (Lipinski definition) is 2. The van der Waals surface area contributed by atoms with Crippen LogP contribution in [-0.2, 0) is 6.54 Å². The molecule has 0 aliphatic heterocycles. The molecule has 0 aliphatic carbocycles. The van der Waals surface area contributed by atoms with Crippen LogP contribution in [0.3, 0.4) is 0 Å². The van der Waals surface area contributed by atoms with Gasteiger partial charge in [-0.05, 0) is 29.8 Å². The first-order chi connectivity index (χ1) is 9.74. The summed E-state index contributed by atoms with van der Waals surface area (Å²) < 4.78 is 13.6. The molecule has 3 rings (SSSR count). The number of fused-ring (bicyclic) bond motifs is 1. The number of nitrogens with zero attached hydrogens (tertiary/aromatic N) is 1. The van der Waals surface area contributed by atoms with Crippen LogP contribution in [0.2, 0.25) is 0 Å². The largest absolute Gasteiger partial charge is 0.350 e. The van der Waals surface area contributed by atoms with Gasteiger partial charge in [0, 0.05) is 29.8 Å². The van der Waals surface area contributed by atoms with E-state index in [1.807, 2.05) is 6.07 Å². The number of amides is 1. The smallest absolute Gasteiger partial charge is 0.267 e. The van der Waals surface area contributed by atoms with Gasteiger partial charge in [-0.2, -0.15) is 0 Å². The van der Waals surface area contributed by atoms with E-state index in [0.29, 0.717) is 23.1 Å². The van der Waals surface area contributed by atoms with Crippen molar-refractivity contribution >= 4 is 16.8 Å². The highest BCUT2D eigenvalue weighted by atomic mass is 19.1. The van der Waals surface area contributed by atoms with E-state index in [0.717, 1.165) is 5.56 Å². The Labute approximate surface area is 114 Å². The van der Waals surface area contributed by atoms with Crippen molar-refractivity contribution in [3.8, 4) is 0 Å². The second-order valence-corrected chi connectivity index (χ2v) is 4.43. The van der Waals surface area contributed by atoms with Crippen LogP contribution in [0, 0.1) is 5.82 Å². The third-order valence-corrected chi connectivity index (χ3v) is 3.03. The van der Waals surface area contributed by atoms with Crippen LogP contribution in [0.1, 0.15) is 16.1 Å². The number of aromatic amines is 1. The van der Waals surface area contributed by atoms with E-state index in [-0.39, 0.29) is 11.7 Å². The molecule has 0 saturated heterocycles. The fourth-order valence-corrected chi connectivity index (χ4v) is 2.02. The summed E-state index contributed by atoms with van der Waals surface area (Å²) in [5, 5.41) is 3.18. The van der Waals surface area contributed by atoms with Crippen LogP contribution in [0.5, 0.6) is 0 Å². The van der Waals surface area contributed by atoms with Crippen LogP contribution < -0.4 is 5.32 Å². The monoisotopic (exact) mass is 269 g/mol. The number of benzene rings is 1. The molecular weight excluding hydrogens is 257 g/mol. The standard InChI is InChI=1S/C15H12FN3O/c16-12-4-1-5-13-11(12)7-14(19-13)15(20)18-9-10-3-2-6-17-8-10/h1-8,19H,9H2,(H,18,20). The Hall–Kier alpha value is -2.69. The average molecular weight is 269 g/mol. The van der Waals surface area contributed by atoms with Gasteiger partial charge in [0.2, 0.25) is 0 Å². The van der Waals surface area contributed by atoms with E-state index >= 15 is 0 Å². The molecule has 2 heterocycles. The molecule has 0 atom stereocenters. The molecule has 2 aromatic heterocycles. The Morgan fingerprint density at radius 1 is 1.30 bits per heavy atom. The Morgan fingerprint density at radius 3 is 2.95 bits per heavy atom. The van der Waals surface area contributed by atoms with Crippen molar-refractivity contribution < 1.29 is 9.18 Å². The van der Waals surface area contributed by atoms with Crippen LogP contribution in [0.25, 0.3) is 10.9 Å². The minimum atomic E-state index is -0.343. The molecule has 20 heavy (non-hydrogen) atoms. The summed E-state index contributed by atoms with van der Waals surface area (Å²) in [6.07, 6.45) is 3.36. The minimum Gasteiger partial charge on any atom is -0.350 e. The van der Waals surface area contributed by atoms with E-state index in [2.05, 4.69) is 15.3 Å². The maximum Gasteiger partial charge on any atom is 0.267 e. The first-order valence-corrected chi connectivity index (χ1v) is 6.18. The molecule has 4 nitrogen and oxygen atoms in total. The zero-order valence-electron chi connectivity index (χ0n) is 10.6. The highest BCUT2D eigenvalue weighted by Crippen LogP contribution is 2.18. The highest BCUT2D eigenvalue weighted by Gasteiger charge is 2.11. The molecule has 3 aromatic rings. The van der Waals surface area contributed by atoms with E-state index in [9.17, 15) is 9.18 Å². The Balaban J connectivity index is 1.77. The Kier molecular flexibility index (Phi) is 3.16. The summed E-state index contributed by atoms with van der Waals surface area (Å²) in [6, 6.07) is 9.90. The Bertz CT molecular complexity index is 752. The van der Waals surface area contributed by atoms with Crippen molar-refractivity contribution in [3.63, 3.8) is 0 Å². The van der Waals surface area contributed by atoms with Crippen molar-refractivity contribution in [3.05, 3.63) is 65.9 Å². The third-order valence-electron chi connectivity index (χ3n) is 3.03. The quantitative estimate of drug-likeness (QED) is 0.768. The normalized spacial score (nSPS) is 10.7. The molecular formula is C15H12FN3O. The van der Waals surface area contributed by atoms with Gasteiger partial charge < -0.3 is 10.3 Å². The molecule has 0 saturated carbocycles. The second-order valence-electron chi connectivity index (χ2n) is 4.43. The number of rotatable bonds is 3. The van der Waals surface area contributed by atoms with Crippen molar-refractivity contribution in [2.45, 2.75) is 6.54 Å². The molecule has 0 unspecified atom stereocenters. The van der Waals surface area contributed by atoms with Crippen LogP contribution in [0.4, 0.5) is 4.39 Å². The van der Waals surface area contributed by atoms with E-state index in [4.69, 9.17) is 0 Å². The molecule has 1 aromatic carbocycles. The van der Waals surface area contributed by atoms with Gasteiger partial charge in [-0.1, -0.05) is 12.1 Å². The highest BCUT2D eigenvalue weighted by molar-refractivity contribution is 5.98. The summed E-state index contributed by atoms with van der Waals surface area (Å²) in [5.74, 6) is -0.616. The van der Waals surface area contributed by atoms with Gasteiger partial charge >= 0.3 is 0 Å². The summed E-state index contributed by atoms with van der Waals surface area (Å²) in [6.45, 7) is 0.379. The number of halogens is 1. The van der Waals surface area contributed by atoms with Crippen molar-refractivity contribution in [1.29, 1.82) is 0 Å². The summed E-state index contributed by atoms with van der Waals surface area (Å²) in [7, 11) is 0. The molecule has 5 heteroatoms. The lowest BCUT2D eigenvalue weighted by atomic mass is 10.2. The van der Waals surface area contributed by atoms with Gasteiger partial charge in [0.15, 0.2) is 0 Å². The fourth-order valence-electron chi connectivity index (χ4n) is 2.02. The molecule has 0 spiro atoms. The maximum atomic E-state index is 13.6. The molecule has 0 bridgehead atoms. The summed E-state index contributed by atoms with van der Waals surface area (Å²) >= 11 is 0. The number of nitrogens with one attached hydrogen (secondary N) is 2. The molecule has 0 aliphatic rings. The van der Waals surface area contributed by atoms with Crippen LogP contribution in [-0.4, -0.2) is 15.9 Å². The number of carbonyl (C=O) groups excluding carboxylic acids is 1. The third kappa shape index (κ3) is 2.38. The van der Waals surface area contributed by atoms with Crippen molar-refractivity contribution in [2.24, 2.45) is 0 Å². The number of aromatic nitrogens is 2. The summed E-state index contributed by atoms with van der Waals surface area (Å²) in [4.78, 5) is 18.9. The van der Waals surface area contributed by atoms with E-state index < -0.39 is 0 Å². The predicted molar refractivity (Wildman–Crippen MR) is 73.7 cm³/mol. The lowest BCUT2D eigenvalue weighted by Crippen LogP contribution is -2.23. The van der Waals surface area contributed by atoms with Gasteiger partial charge in [-0.25, -0.2) is 4.39 Å². The second kappa shape index (κ2) is 5.13.